The first-order valence-electron chi connectivity index (χ1n) is 6.59. The summed E-state index contributed by atoms with van der Waals surface area (Å²) in [6.45, 7) is 9.27. The van der Waals surface area contributed by atoms with Crippen LogP contribution in [0.1, 0.15) is 53.4 Å². The fourth-order valence-corrected chi connectivity index (χ4v) is 2.44. The molecule has 0 aromatic rings. The van der Waals surface area contributed by atoms with Crippen molar-refractivity contribution in [2.45, 2.75) is 64.2 Å². The second-order valence-electron chi connectivity index (χ2n) is 5.00. The minimum absolute atomic E-state index is 0.234. The van der Waals surface area contributed by atoms with E-state index < -0.39 is 5.54 Å². The number of primary amides is 1. The van der Waals surface area contributed by atoms with Crippen LogP contribution in [0, 0.1) is 0 Å². The number of carbonyl (C=O) groups excluding carboxylic acids is 1. The molecule has 1 amide bonds. The maximum atomic E-state index is 11.5. The number of carbonyl (C=O) groups is 1. The van der Waals surface area contributed by atoms with Gasteiger partial charge in [-0.05, 0) is 43.7 Å². The Labute approximate surface area is 110 Å². The van der Waals surface area contributed by atoms with E-state index in [-0.39, 0.29) is 5.91 Å². The molecule has 102 valence electrons. The fourth-order valence-electron chi connectivity index (χ4n) is 1.60. The summed E-state index contributed by atoms with van der Waals surface area (Å²) in [5.74, 6) is 0.933. The average Bonchev–Trinajstić information content (AvgIpc) is 2.25. The molecule has 0 heterocycles. The monoisotopic (exact) mass is 260 g/mol. The highest BCUT2D eigenvalue weighted by Gasteiger charge is 2.29. The van der Waals surface area contributed by atoms with Gasteiger partial charge in [-0.1, -0.05) is 27.2 Å². The predicted molar refractivity (Wildman–Crippen MR) is 77.3 cm³/mol. The molecule has 4 heteroatoms. The first kappa shape index (κ1) is 16.8. The lowest BCUT2D eigenvalue weighted by Gasteiger charge is -2.27. The molecule has 0 spiro atoms. The van der Waals surface area contributed by atoms with E-state index in [1.54, 1.807) is 0 Å². The van der Waals surface area contributed by atoms with Crippen LogP contribution in [0.15, 0.2) is 0 Å². The second-order valence-corrected chi connectivity index (χ2v) is 6.68. The van der Waals surface area contributed by atoms with Crippen molar-refractivity contribution < 1.29 is 4.79 Å². The molecule has 3 N–H and O–H groups in total. The molecule has 0 saturated carbocycles. The highest BCUT2D eigenvalue weighted by molar-refractivity contribution is 7.99. The molecular weight excluding hydrogens is 232 g/mol. The number of rotatable bonds is 10. The summed E-state index contributed by atoms with van der Waals surface area (Å²) in [6, 6.07) is 0. The van der Waals surface area contributed by atoms with Gasteiger partial charge in [-0.15, -0.1) is 0 Å². The number of nitrogens with two attached hydrogens (primary N) is 1. The quantitative estimate of drug-likeness (QED) is 0.594. The molecular formula is C13H28N2OS. The van der Waals surface area contributed by atoms with Crippen molar-refractivity contribution in [3.8, 4) is 0 Å². The van der Waals surface area contributed by atoms with Gasteiger partial charge in [0.25, 0.3) is 0 Å². The Hall–Kier alpha value is -0.220. The van der Waals surface area contributed by atoms with E-state index in [1.165, 1.54) is 5.75 Å². The van der Waals surface area contributed by atoms with Crippen molar-refractivity contribution in [2.24, 2.45) is 5.73 Å². The number of hydrogen-bond acceptors (Lipinski definition) is 3. The summed E-state index contributed by atoms with van der Waals surface area (Å²) in [5, 5.41) is 3.95. The topological polar surface area (TPSA) is 55.1 Å². The third kappa shape index (κ3) is 7.66. The van der Waals surface area contributed by atoms with Crippen molar-refractivity contribution in [1.82, 2.24) is 5.32 Å². The van der Waals surface area contributed by atoms with Crippen molar-refractivity contribution >= 4 is 17.7 Å². The van der Waals surface area contributed by atoms with Gasteiger partial charge in [-0.2, -0.15) is 11.8 Å². The third-order valence-corrected chi connectivity index (χ3v) is 4.02. The Morgan fingerprint density at radius 2 is 2.06 bits per heavy atom. The molecule has 0 aliphatic heterocycles. The first-order valence-corrected chi connectivity index (χ1v) is 7.63. The van der Waals surface area contributed by atoms with E-state index in [9.17, 15) is 4.79 Å². The zero-order valence-corrected chi connectivity index (χ0v) is 12.5. The van der Waals surface area contributed by atoms with Crippen LogP contribution in [0.5, 0.6) is 0 Å². The van der Waals surface area contributed by atoms with Crippen LogP contribution in [0.25, 0.3) is 0 Å². The third-order valence-electron chi connectivity index (χ3n) is 2.83. The highest BCUT2D eigenvalue weighted by Crippen LogP contribution is 2.17. The minimum atomic E-state index is -0.529. The molecule has 0 fully saturated rings. The molecule has 0 rings (SSSR count). The molecule has 0 aliphatic rings. The van der Waals surface area contributed by atoms with Gasteiger partial charge >= 0.3 is 0 Å². The zero-order chi connectivity index (χ0) is 13.3. The summed E-state index contributed by atoms with van der Waals surface area (Å²) in [4.78, 5) is 11.5. The van der Waals surface area contributed by atoms with E-state index in [2.05, 4.69) is 26.1 Å². The molecule has 0 aromatic heterocycles. The predicted octanol–water partition coefficient (Wildman–Crippen LogP) is 2.54. The Balaban J connectivity index is 3.88. The number of hydrogen-bond donors (Lipinski definition) is 2. The van der Waals surface area contributed by atoms with E-state index in [0.717, 1.165) is 32.2 Å². The largest absolute Gasteiger partial charge is 0.368 e. The summed E-state index contributed by atoms with van der Waals surface area (Å²) in [6.07, 6.45) is 4.06. The van der Waals surface area contributed by atoms with Crippen molar-refractivity contribution in [3.05, 3.63) is 0 Å². The van der Waals surface area contributed by atoms with Crippen LogP contribution < -0.4 is 11.1 Å². The van der Waals surface area contributed by atoms with Gasteiger partial charge in [0.1, 0.15) is 0 Å². The molecule has 0 aliphatic carbocycles. The van der Waals surface area contributed by atoms with Crippen LogP contribution in [-0.4, -0.2) is 29.0 Å². The molecule has 0 bridgehead atoms. The Morgan fingerprint density at radius 3 is 2.53 bits per heavy atom. The van der Waals surface area contributed by atoms with E-state index in [0.29, 0.717) is 5.25 Å². The molecule has 3 nitrogen and oxygen atoms in total. The van der Waals surface area contributed by atoms with E-state index in [1.807, 2.05) is 18.7 Å². The molecule has 0 aromatic carbocycles. The van der Waals surface area contributed by atoms with Crippen LogP contribution >= 0.6 is 11.8 Å². The van der Waals surface area contributed by atoms with Crippen LogP contribution in [0.4, 0.5) is 0 Å². The second kappa shape index (κ2) is 8.81. The Bertz CT molecular complexity index is 221. The van der Waals surface area contributed by atoms with E-state index >= 15 is 0 Å². The van der Waals surface area contributed by atoms with Gasteiger partial charge in [-0.25, -0.2) is 0 Å². The summed E-state index contributed by atoms with van der Waals surface area (Å²) >= 11 is 1.97. The molecule has 17 heavy (non-hydrogen) atoms. The minimum Gasteiger partial charge on any atom is -0.368 e. The van der Waals surface area contributed by atoms with Crippen molar-refractivity contribution in [2.75, 3.05) is 12.3 Å². The van der Waals surface area contributed by atoms with Crippen LogP contribution in [0.3, 0.4) is 0 Å². The maximum Gasteiger partial charge on any atom is 0.237 e. The number of unbranched alkanes of at least 4 members (excludes halogenated alkanes) is 1. The molecule has 0 saturated heterocycles. The van der Waals surface area contributed by atoms with Gasteiger partial charge in [0.2, 0.25) is 5.91 Å². The standard InChI is InChI=1S/C13H28N2OS/c1-5-9-15-13(4,12(14)16)8-6-7-10-17-11(2)3/h11,15H,5-10H2,1-4H3,(H2,14,16). The zero-order valence-electron chi connectivity index (χ0n) is 11.7. The lowest BCUT2D eigenvalue weighted by atomic mass is 9.94. The lowest BCUT2D eigenvalue weighted by molar-refractivity contribution is -0.124. The SMILES string of the molecule is CCCNC(C)(CCCCSC(C)C)C(N)=O. The van der Waals surface area contributed by atoms with Crippen molar-refractivity contribution in [1.29, 1.82) is 0 Å². The fraction of sp³-hybridized carbons (Fsp3) is 0.923. The number of nitrogens with one attached hydrogen (secondary N) is 1. The van der Waals surface area contributed by atoms with Gasteiger partial charge in [-0.3, -0.25) is 4.79 Å². The number of amides is 1. The van der Waals surface area contributed by atoms with Gasteiger partial charge in [0, 0.05) is 0 Å². The number of thioether (sulfide) groups is 1. The van der Waals surface area contributed by atoms with Gasteiger partial charge in [0.05, 0.1) is 5.54 Å². The van der Waals surface area contributed by atoms with Crippen LogP contribution in [0.2, 0.25) is 0 Å². The molecule has 0 radical (unpaired) electrons. The lowest BCUT2D eigenvalue weighted by Crippen LogP contribution is -2.53. The Kier molecular flexibility index (Phi) is 8.70. The smallest absolute Gasteiger partial charge is 0.237 e. The van der Waals surface area contributed by atoms with Crippen LogP contribution in [-0.2, 0) is 4.79 Å². The highest BCUT2D eigenvalue weighted by atomic mass is 32.2. The summed E-state index contributed by atoms with van der Waals surface area (Å²) in [7, 11) is 0. The Morgan fingerprint density at radius 1 is 1.41 bits per heavy atom. The maximum absolute atomic E-state index is 11.5. The van der Waals surface area contributed by atoms with Gasteiger partial charge in [0.15, 0.2) is 0 Å². The summed E-state index contributed by atoms with van der Waals surface area (Å²) in [5.41, 5.74) is 4.94. The average molecular weight is 260 g/mol. The van der Waals surface area contributed by atoms with Crippen molar-refractivity contribution in [3.63, 3.8) is 0 Å². The molecule has 1 atom stereocenters. The first-order chi connectivity index (χ1) is 7.92. The summed E-state index contributed by atoms with van der Waals surface area (Å²) < 4.78 is 0. The van der Waals surface area contributed by atoms with Gasteiger partial charge < -0.3 is 11.1 Å². The normalized spacial score (nSPS) is 14.9. The van der Waals surface area contributed by atoms with E-state index in [4.69, 9.17) is 5.73 Å². The molecule has 1 unspecified atom stereocenters.